The minimum Gasteiger partial charge on any atom is -0.395 e. The van der Waals surface area contributed by atoms with Gasteiger partial charge in [0.05, 0.1) is 6.61 Å². The van der Waals surface area contributed by atoms with E-state index in [4.69, 9.17) is 5.11 Å². The molecular formula is C9H8BrF3O. The number of hydrogen-bond donors (Lipinski definition) is 1. The fourth-order valence-electron chi connectivity index (χ4n) is 1.14. The molecule has 0 aliphatic rings. The van der Waals surface area contributed by atoms with E-state index in [9.17, 15) is 13.2 Å². The molecule has 0 saturated heterocycles. The first-order chi connectivity index (χ1) is 6.46. The van der Waals surface area contributed by atoms with Crippen LogP contribution in [0.2, 0.25) is 0 Å². The van der Waals surface area contributed by atoms with Gasteiger partial charge in [0.1, 0.15) is 5.92 Å². The van der Waals surface area contributed by atoms with E-state index in [2.05, 4.69) is 15.9 Å². The van der Waals surface area contributed by atoms with Crippen molar-refractivity contribution in [2.75, 3.05) is 6.61 Å². The van der Waals surface area contributed by atoms with Gasteiger partial charge in [0, 0.05) is 4.47 Å². The molecule has 0 spiro atoms. The Morgan fingerprint density at radius 2 is 1.86 bits per heavy atom. The summed E-state index contributed by atoms with van der Waals surface area (Å²) >= 11 is 3.02. The Morgan fingerprint density at radius 3 is 2.29 bits per heavy atom. The zero-order chi connectivity index (χ0) is 10.8. The summed E-state index contributed by atoms with van der Waals surface area (Å²) in [5.74, 6) is -1.82. The van der Waals surface area contributed by atoms with Crippen LogP contribution in [-0.2, 0) is 0 Å². The second-order valence-electron chi connectivity index (χ2n) is 2.80. The van der Waals surface area contributed by atoms with Gasteiger partial charge >= 0.3 is 6.18 Å². The highest BCUT2D eigenvalue weighted by Crippen LogP contribution is 2.37. The minimum absolute atomic E-state index is 0.0579. The first-order valence-corrected chi connectivity index (χ1v) is 4.68. The lowest BCUT2D eigenvalue weighted by Crippen LogP contribution is -2.24. The van der Waals surface area contributed by atoms with Crippen LogP contribution >= 0.6 is 15.9 Å². The lowest BCUT2D eigenvalue weighted by Gasteiger charge is -2.19. The fourth-order valence-corrected chi connectivity index (χ4v) is 1.70. The van der Waals surface area contributed by atoms with Gasteiger partial charge in [0.2, 0.25) is 0 Å². The van der Waals surface area contributed by atoms with Gasteiger partial charge in [-0.2, -0.15) is 13.2 Å². The molecule has 0 amide bonds. The number of hydrogen-bond acceptors (Lipinski definition) is 1. The third-order valence-electron chi connectivity index (χ3n) is 1.86. The first kappa shape index (κ1) is 11.5. The topological polar surface area (TPSA) is 20.2 Å². The van der Waals surface area contributed by atoms with Crippen LogP contribution in [0.25, 0.3) is 0 Å². The normalized spacial score (nSPS) is 14.1. The van der Waals surface area contributed by atoms with E-state index in [0.29, 0.717) is 4.47 Å². The summed E-state index contributed by atoms with van der Waals surface area (Å²) in [7, 11) is 0. The zero-order valence-electron chi connectivity index (χ0n) is 7.05. The Balaban J connectivity index is 3.08. The molecule has 0 radical (unpaired) electrons. The number of rotatable bonds is 2. The van der Waals surface area contributed by atoms with E-state index in [-0.39, 0.29) is 5.56 Å². The maximum Gasteiger partial charge on any atom is 0.397 e. The van der Waals surface area contributed by atoms with Gasteiger partial charge in [-0.3, -0.25) is 0 Å². The molecule has 0 saturated carbocycles. The van der Waals surface area contributed by atoms with Crippen molar-refractivity contribution in [3.8, 4) is 0 Å². The van der Waals surface area contributed by atoms with E-state index in [1.165, 1.54) is 18.2 Å². The van der Waals surface area contributed by atoms with Crippen molar-refractivity contribution in [1.29, 1.82) is 0 Å². The minimum atomic E-state index is -4.42. The summed E-state index contributed by atoms with van der Waals surface area (Å²) in [6, 6.07) is 6.00. The third-order valence-corrected chi connectivity index (χ3v) is 2.58. The average Bonchev–Trinajstić information content (AvgIpc) is 2.07. The Bertz CT molecular complexity index is 311. The molecule has 1 atom stereocenters. The summed E-state index contributed by atoms with van der Waals surface area (Å²) in [4.78, 5) is 0. The molecule has 1 rings (SSSR count). The number of halogens is 4. The Morgan fingerprint density at radius 1 is 1.29 bits per heavy atom. The predicted octanol–water partition coefficient (Wildman–Crippen LogP) is 3.09. The maximum atomic E-state index is 12.4. The van der Waals surface area contributed by atoms with E-state index < -0.39 is 18.7 Å². The van der Waals surface area contributed by atoms with Gasteiger partial charge < -0.3 is 5.11 Å². The molecule has 0 aromatic heterocycles. The van der Waals surface area contributed by atoms with Crippen molar-refractivity contribution < 1.29 is 18.3 Å². The average molecular weight is 269 g/mol. The molecule has 1 aromatic carbocycles. The molecular weight excluding hydrogens is 261 g/mol. The van der Waals surface area contributed by atoms with Crippen LogP contribution in [0.15, 0.2) is 28.7 Å². The molecule has 14 heavy (non-hydrogen) atoms. The summed E-state index contributed by atoms with van der Waals surface area (Å²) in [5.41, 5.74) is 0.0579. The van der Waals surface area contributed by atoms with Crippen molar-refractivity contribution in [3.05, 3.63) is 34.3 Å². The van der Waals surface area contributed by atoms with Crippen LogP contribution in [0.3, 0.4) is 0 Å². The third kappa shape index (κ3) is 2.48. The molecule has 0 heterocycles. The van der Waals surface area contributed by atoms with E-state index in [1.807, 2.05) is 0 Å². The summed E-state index contributed by atoms with van der Waals surface area (Å²) in [6.45, 7) is -0.938. The van der Waals surface area contributed by atoms with Crippen LogP contribution in [0, 0.1) is 0 Å². The van der Waals surface area contributed by atoms with Crippen molar-refractivity contribution >= 4 is 15.9 Å². The number of benzene rings is 1. The molecule has 78 valence electrons. The van der Waals surface area contributed by atoms with Crippen molar-refractivity contribution in [1.82, 2.24) is 0 Å². The number of aliphatic hydroxyl groups is 1. The first-order valence-electron chi connectivity index (χ1n) is 3.89. The number of alkyl halides is 3. The van der Waals surface area contributed by atoms with Gasteiger partial charge in [-0.15, -0.1) is 0 Å². The molecule has 1 aromatic rings. The summed E-state index contributed by atoms with van der Waals surface area (Å²) < 4.78 is 37.6. The van der Waals surface area contributed by atoms with Crippen LogP contribution < -0.4 is 0 Å². The van der Waals surface area contributed by atoms with E-state index in [0.717, 1.165) is 0 Å². The largest absolute Gasteiger partial charge is 0.397 e. The molecule has 0 fully saturated rings. The highest BCUT2D eigenvalue weighted by atomic mass is 79.9. The summed E-state index contributed by atoms with van der Waals surface area (Å²) in [5, 5.41) is 8.70. The van der Waals surface area contributed by atoms with Gasteiger partial charge in [0.25, 0.3) is 0 Å². The highest BCUT2D eigenvalue weighted by Gasteiger charge is 2.40. The van der Waals surface area contributed by atoms with Crippen molar-refractivity contribution in [3.63, 3.8) is 0 Å². The van der Waals surface area contributed by atoms with Gasteiger partial charge in [-0.1, -0.05) is 34.1 Å². The van der Waals surface area contributed by atoms with Crippen LogP contribution in [0.1, 0.15) is 11.5 Å². The van der Waals surface area contributed by atoms with Crippen molar-refractivity contribution in [2.24, 2.45) is 0 Å². The lowest BCUT2D eigenvalue weighted by atomic mass is 10.00. The van der Waals surface area contributed by atoms with Crippen LogP contribution in [0.5, 0.6) is 0 Å². The highest BCUT2D eigenvalue weighted by molar-refractivity contribution is 9.10. The fraction of sp³-hybridized carbons (Fsp3) is 0.333. The Kier molecular flexibility index (Phi) is 3.55. The molecule has 1 nitrogen and oxygen atoms in total. The van der Waals surface area contributed by atoms with Crippen molar-refractivity contribution in [2.45, 2.75) is 12.1 Å². The monoisotopic (exact) mass is 268 g/mol. The van der Waals surface area contributed by atoms with E-state index >= 15 is 0 Å². The molecule has 5 heteroatoms. The standard InChI is InChI=1S/C9H8BrF3O/c10-8-4-2-1-3-6(8)7(5-14)9(11,12)13/h1-4,7,14H,5H2. The van der Waals surface area contributed by atoms with Gasteiger partial charge in [-0.05, 0) is 11.6 Å². The maximum absolute atomic E-state index is 12.4. The second-order valence-corrected chi connectivity index (χ2v) is 3.65. The summed E-state index contributed by atoms with van der Waals surface area (Å²) in [6.07, 6.45) is -4.42. The van der Waals surface area contributed by atoms with Crippen LogP contribution in [0.4, 0.5) is 13.2 Å². The Labute approximate surface area is 87.7 Å². The molecule has 0 aliphatic carbocycles. The van der Waals surface area contributed by atoms with Gasteiger partial charge in [0.15, 0.2) is 0 Å². The Hall–Kier alpha value is -0.550. The van der Waals surface area contributed by atoms with Crippen LogP contribution in [-0.4, -0.2) is 17.9 Å². The van der Waals surface area contributed by atoms with Gasteiger partial charge in [-0.25, -0.2) is 0 Å². The number of aliphatic hydroxyl groups excluding tert-OH is 1. The lowest BCUT2D eigenvalue weighted by molar-refractivity contribution is -0.158. The molecule has 0 aliphatic heterocycles. The SMILES string of the molecule is OCC(c1ccccc1Br)C(F)(F)F. The quantitative estimate of drug-likeness (QED) is 0.874. The molecule has 1 N–H and O–H groups in total. The zero-order valence-corrected chi connectivity index (χ0v) is 8.64. The smallest absolute Gasteiger partial charge is 0.395 e. The molecule has 1 unspecified atom stereocenters. The predicted molar refractivity (Wildman–Crippen MR) is 50.0 cm³/mol. The van der Waals surface area contributed by atoms with E-state index in [1.54, 1.807) is 6.07 Å². The second kappa shape index (κ2) is 4.31. The molecule has 0 bridgehead atoms.